The van der Waals surface area contributed by atoms with Gasteiger partial charge in [-0.3, -0.25) is 0 Å². The van der Waals surface area contributed by atoms with Gasteiger partial charge >= 0.3 is 0 Å². The predicted octanol–water partition coefficient (Wildman–Crippen LogP) is 3.63. The van der Waals surface area contributed by atoms with Gasteiger partial charge in [0.2, 0.25) is 0 Å². The van der Waals surface area contributed by atoms with Crippen LogP contribution in [0.25, 0.3) is 0 Å². The summed E-state index contributed by atoms with van der Waals surface area (Å²) in [4.78, 5) is 4.24. The van der Waals surface area contributed by atoms with Crippen LogP contribution in [0.3, 0.4) is 0 Å². The van der Waals surface area contributed by atoms with Crippen LogP contribution < -0.4 is 5.73 Å². The van der Waals surface area contributed by atoms with Crippen LogP contribution in [0, 0.1) is 18.6 Å². The summed E-state index contributed by atoms with van der Waals surface area (Å²) in [6, 6.07) is 1.35. The Hall–Kier alpha value is -1.04. The normalized spacial score (nSPS) is 12.7. The molecule has 18 heavy (non-hydrogen) atoms. The summed E-state index contributed by atoms with van der Waals surface area (Å²) in [5.74, 6) is -1.26. The Labute approximate surface area is 112 Å². The quantitative estimate of drug-likeness (QED) is 0.876. The number of nitrogens with zero attached hydrogens (tertiary/aromatic N) is 1. The Bertz CT molecular complexity index is 571. The Balaban J connectivity index is 2.23. The Morgan fingerprint density at radius 2 is 2.11 bits per heavy atom. The molecule has 1 heterocycles. The Kier molecular flexibility index (Phi) is 3.94. The second kappa shape index (κ2) is 5.30. The van der Waals surface area contributed by atoms with Crippen LogP contribution >= 0.6 is 22.9 Å². The van der Waals surface area contributed by atoms with E-state index in [9.17, 15) is 8.78 Å². The number of hydrogen-bond donors (Lipinski definition) is 1. The average molecular weight is 289 g/mol. The molecule has 0 amide bonds. The third-order valence-electron chi connectivity index (χ3n) is 2.53. The molecule has 96 valence electrons. The van der Waals surface area contributed by atoms with Gasteiger partial charge in [-0.05, 0) is 19.1 Å². The molecule has 2 N–H and O–H groups in total. The summed E-state index contributed by atoms with van der Waals surface area (Å²) in [7, 11) is 0. The summed E-state index contributed by atoms with van der Waals surface area (Å²) >= 11 is 6.98. The van der Waals surface area contributed by atoms with Gasteiger partial charge in [0.15, 0.2) is 0 Å². The monoisotopic (exact) mass is 288 g/mol. The first-order chi connectivity index (χ1) is 8.47. The average Bonchev–Trinajstić information content (AvgIpc) is 2.69. The van der Waals surface area contributed by atoms with Crippen LogP contribution in [0.5, 0.6) is 0 Å². The zero-order chi connectivity index (χ0) is 13.3. The highest BCUT2D eigenvalue weighted by molar-refractivity contribution is 7.09. The molecule has 2 rings (SSSR count). The van der Waals surface area contributed by atoms with E-state index in [1.807, 2.05) is 12.3 Å². The molecule has 1 unspecified atom stereocenters. The molecule has 6 heteroatoms. The van der Waals surface area contributed by atoms with Crippen LogP contribution in [0.1, 0.15) is 22.3 Å². The minimum Gasteiger partial charge on any atom is -0.324 e. The molecule has 1 aromatic carbocycles. The molecule has 0 aliphatic rings. The van der Waals surface area contributed by atoms with Gasteiger partial charge in [-0.2, -0.15) is 0 Å². The molecule has 0 aliphatic carbocycles. The maximum Gasteiger partial charge on any atom is 0.142 e. The van der Waals surface area contributed by atoms with Crippen molar-refractivity contribution < 1.29 is 8.78 Å². The lowest BCUT2D eigenvalue weighted by Crippen LogP contribution is -2.15. The summed E-state index contributed by atoms with van der Waals surface area (Å²) in [6.07, 6.45) is 0.363. The van der Waals surface area contributed by atoms with E-state index in [1.54, 1.807) is 0 Å². The first-order valence-electron chi connectivity index (χ1n) is 5.28. The summed E-state index contributed by atoms with van der Waals surface area (Å²) in [5.41, 5.74) is 6.76. The number of rotatable bonds is 3. The number of thiazole rings is 1. The highest BCUT2D eigenvalue weighted by Gasteiger charge is 2.16. The van der Waals surface area contributed by atoms with E-state index in [4.69, 9.17) is 17.3 Å². The summed E-state index contributed by atoms with van der Waals surface area (Å²) in [6.45, 7) is 1.88. The van der Waals surface area contributed by atoms with Crippen molar-refractivity contribution in [1.29, 1.82) is 0 Å². The van der Waals surface area contributed by atoms with Crippen LogP contribution in [-0.2, 0) is 6.42 Å². The molecule has 0 bridgehead atoms. The lowest BCUT2D eigenvalue weighted by Gasteiger charge is -2.12. The van der Waals surface area contributed by atoms with Crippen molar-refractivity contribution in [1.82, 2.24) is 4.98 Å². The van der Waals surface area contributed by atoms with Gasteiger partial charge < -0.3 is 5.73 Å². The van der Waals surface area contributed by atoms with E-state index in [0.29, 0.717) is 6.42 Å². The zero-order valence-electron chi connectivity index (χ0n) is 9.58. The number of aryl methyl sites for hydroxylation is 1. The molecule has 1 atom stereocenters. The molecule has 1 aromatic heterocycles. The first-order valence-corrected chi connectivity index (χ1v) is 6.54. The largest absolute Gasteiger partial charge is 0.324 e. The lowest BCUT2D eigenvalue weighted by atomic mass is 10.0. The van der Waals surface area contributed by atoms with Crippen molar-refractivity contribution in [2.75, 3.05) is 0 Å². The Morgan fingerprint density at radius 1 is 1.39 bits per heavy atom. The van der Waals surface area contributed by atoms with E-state index in [-0.39, 0.29) is 10.6 Å². The van der Waals surface area contributed by atoms with Gasteiger partial charge in [-0.1, -0.05) is 11.6 Å². The van der Waals surface area contributed by atoms with E-state index >= 15 is 0 Å². The van der Waals surface area contributed by atoms with Gasteiger partial charge in [0.05, 0.1) is 15.7 Å². The summed E-state index contributed by atoms with van der Waals surface area (Å²) in [5, 5.41) is 2.53. The van der Waals surface area contributed by atoms with Crippen LogP contribution in [0.4, 0.5) is 8.78 Å². The Morgan fingerprint density at radius 3 is 2.72 bits per heavy atom. The van der Waals surface area contributed by atoms with Gasteiger partial charge in [0.25, 0.3) is 0 Å². The summed E-state index contributed by atoms with van der Waals surface area (Å²) < 4.78 is 26.9. The molecule has 2 aromatic rings. The smallest absolute Gasteiger partial charge is 0.142 e. The van der Waals surface area contributed by atoms with Gasteiger partial charge in [-0.25, -0.2) is 13.8 Å². The van der Waals surface area contributed by atoms with Crippen molar-refractivity contribution in [3.05, 3.63) is 50.4 Å². The van der Waals surface area contributed by atoms with E-state index in [1.165, 1.54) is 11.3 Å². The van der Waals surface area contributed by atoms with Crippen molar-refractivity contribution in [2.45, 2.75) is 19.4 Å². The molecular formula is C12H11ClF2N2S. The first kappa shape index (κ1) is 13.4. The molecule has 0 saturated carbocycles. The minimum atomic E-state index is -0.669. The maximum atomic E-state index is 13.6. The van der Waals surface area contributed by atoms with Crippen molar-refractivity contribution in [2.24, 2.45) is 5.73 Å². The number of benzene rings is 1. The van der Waals surface area contributed by atoms with Crippen LogP contribution in [-0.4, -0.2) is 4.98 Å². The number of aromatic nitrogens is 1. The van der Waals surface area contributed by atoms with Gasteiger partial charge in [0, 0.05) is 23.4 Å². The molecular weight excluding hydrogens is 278 g/mol. The van der Waals surface area contributed by atoms with Gasteiger partial charge in [0.1, 0.15) is 11.6 Å². The van der Waals surface area contributed by atoms with Crippen LogP contribution in [0.2, 0.25) is 5.02 Å². The highest BCUT2D eigenvalue weighted by Crippen LogP contribution is 2.25. The van der Waals surface area contributed by atoms with E-state index in [2.05, 4.69) is 4.98 Å². The SMILES string of the molecule is Cc1nc(CC(N)c2cc(F)c(Cl)cc2F)cs1. The molecule has 2 nitrogen and oxygen atoms in total. The topological polar surface area (TPSA) is 38.9 Å². The number of halogens is 3. The minimum absolute atomic E-state index is 0.113. The molecule has 0 aliphatic heterocycles. The molecule has 0 spiro atoms. The predicted molar refractivity (Wildman–Crippen MR) is 68.9 cm³/mol. The van der Waals surface area contributed by atoms with E-state index in [0.717, 1.165) is 22.8 Å². The van der Waals surface area contributed by atoms with Crippen LogP contribution in [0.15, 0.2) is 17.5 Å². The fraction of sp³-hybridized carbons (Fsp3) is 0.250. The number of nitrogens with two attached hydrogens (primary N) is 1. The zero-order valence-corrected chi connectivity index (χ0v) is 11.2. The van der Waals surface area contributed by atoms with Crippen molar-refractivity contribution in [3.63, 3.8) is 0 Å². The van der Waals surface area contributed by atoms with Crippen molar-refractivity contribution >= 4 is 22.9 Å². The fourth-order valence-corrected chi connectivity index (χ4v) is 2.44. The third kappa shape index (κ3) is 2.85. The molecule has 0 saturated heterocycles. The van der Waals surface area contributed by atoms with Crippen molar-refractivity contribution in [3.8, 4) is 0 Å². The highest BCUT2D eigenvalue weighted by atomic mass is 35.5. The van der Waals surface area contributed by atoms with E-state index < -0.39 is 17.7 Å². The second-order valence-corrected chi connectivity index (χ2v) is 5.43. The third-order valence-corrected chi connectivity index (χ3v) is 3.65. The van der Waals surface area contributed by atoms with Gasteiger partial charge in [-0.15, -0.1) is 11.3 Å². The molecule has 0 fully saturated rings. The fourth-order valence-electron chi connectivity index (χ4n) is 1.66. The lowest BCUT2D eigenvalue weighted by molar-refractivity contribution is 0.560. The maximum absolute atomic E-state index is 13.6. The standard InChI is InChI=1S/C12H11ClF2N2S/c1-6-17-7(5-18-6)2-12(16)8-3-11(15)9(13)4-10(8)14/h3-5,12H,2,16H2,1H3. The molecule has 0 radical (unpaired) electrons. The number of hydrogen-bond acceptors (Lipinski definition) is 3. The second-order valence-electron chi connectivity index (χ2n) is 3.96.